The van der Waals surface area contributed by atoms with E-state index in [0.29, 0.717) is 32.8 Å². The maximum atomic E-state index is 12.2. The number of hydrogen-bond donors (Lipinski definition) is 1. The molecule has 0 aromatic heterocycles. The van der Waals surface area contributed by atoms with E-state index in [2.05, 4.69) is 4.72 Å². The third-order valence-corrected chi connectivity index (χ3v) is 4.91. The first kappa shape index (κ1) is 18.7. The van der Waals surface area contributed by atoms with Crippen LogP contribution in [0.2, 0.25) is 0 Å². The summed E-state index contributed by atoms with van der Waals surface area (Å²) in [7, 11) is -0.888. The van der Waals surface area contributed by atoms with Gasteiger partial charge in [-0.3, -0.25) is 4.79 Å². The van der Waals surface area contributed by atoms with Crippen molar-refractivity contribution in [3.8, 4) is 0 Å². The molecule has 1 aliphatic rings. The first-order chi connectivity index (χ1) is 10.2. The Balaban J connectivity index is 2.53. The van der Waals surface area contributed by atoms with Crippen LogP contribution in [0.25, 0.3) is 0 Å². The molecule has 128 valence electrons. The van der Waals surface area contributed by atoms with Crippen molar-refractivity contribution in [1.82, 2.24) is 18.8 Å². The van der Waals surface area contributed by atoms with Crippen molar-refractivity contribution in [1.29, 1.82) is 0 Å². The van der Waals surface area contributed by atoms with Crippen LogP contribution in [0.5, 0.6) is 0 Å². The van der Waals surface area contributed by atoms with Crippen LogP contribution >= 0.6 is 0 Å². The molecule has 0 aromatic rings. The maximum Gasteiger partial charge on any atom is 0.409 e. The molecule has 0 saturated carbocycles. The first-order valence-electron chi connectivity index (χ1n) is 7.09. The van der Waals surface area contributed by atoms with Gasteiger partial charge in [0.25, 0.3) is 10.2 Å². The van der Waals surface area contributed by atoms with Crippen molar-refractivity contribution in [2.45, 2.75) is 19.9 Å². The fourth-order valence-corrected chi connectivity index (χ4v) is 2.74. The molecule has 1 heterocycles. The highest BCUT2D eigenvalue weighted by atomic mass is 32.2. The molecule has 0 spiro atoms. The second kappa shape index (κ2) is 7.75. The van der Waals surface area contributed by atoms with Crippen molar-refractivity contribution in [3.05, 3.63) is 0 Å². The number of hydrogen-bond acceptors (Lipinski definition) is 5. The van der Waals surface area contributed by atoms with Crippen LogP contribution in [-0.2, 0) is 19.7 Å². The lowest BCUT2D eigenvalue weighted by Gasteiger charge is -2.35. The number of amides is 2. The van der Waals surface area contributed by atoms with Gasteiger partial charge in [0.2, 0.25) is 5.91 Å². The van der Waals surface area contributed by atoms with Crippen molar-refractivity contribution < 1.29 is 22.7 Å². The molecule has 0 aromatic carbocycles. The second-order valence-corrected chi connectivity index (χ2v) is 7.05. The molecule has 1 N–H and O–H groups in total. The largest absolute Gasteiger partial charge is 0.450 e. The molecule has 1 fully saturated rings. The number of piperazine rings is 1. The zero-order chi connectivity index (χ0) is 16.9. The van der Waals surface area contributed by atoms with Crippen molar-refractivity contribution in [2.75, 3.05) is 46.9 Å². The standard InChI is InChI=1S/C12H24N4O5S/c1-5-21-12(18)16-8-6-15(7-9-16)11(17)10(2)13-22(19,20)14(3)4/h10,13H,5-9H2,1-4H3/t10-/m0/s1. The molecule has 1 aliphatic heterocycles. The molecule has 2 amide bonds. The minimum absolute atomic E-state index is 0.307. The van der Waals surface area contributed by atoms with Gasteiger partial charge in [-0.2, -0.15) is 17.4 Å². The summed E-state index contributed by atoms with van der Waals surface area (Å²) in [6.45, 7) is 4.99. The third kappa shape index (κ3) is 4.82. The van der Waals surface area contributed by atoms with Gasteiger partial charge in [0.15, 0.2) is 0 Å². The number of rotatable bonds is 5. The average Bonchev–Trinajstić information content (AvgIpc) is 2.46. The Morgan fingerprint density at radius 2 is 1.68 bits per heavy atom. The van der Waals surface area contributed by atoms with Gasteiger partial charge in [-0.25, -0.2) is 4.79 Å². The number of nitrogens with zero attached hydrogens (tertiary/aromatic N) is 3. The molecule has 0 bridgehead atoms. The van der Waals surface area contributed by atoms with E-state index in [0.717, 1.165) is 4.31 Å². The zero-order valence-corrected chi connectivity index (χ0v) is 14.2. The Hall–Kier alpha value is -1.39. The number of carbonyl (C=O) groups is 2. The highest BCUT2D eigenvalue weighted by Crippen LogP contribution is 2.06. The molecule has 0 radical (unpaired) electrons. The zero-order valence-electron chi connectivity index (χ0n) is 13.4. The number of carbonyl (C=O) groups excluding carboxylic acids is 2. The van der Waals surface area contributed by atoms with Gasteiger partial charge in [0, 0.05) is 40.3 Å². The smallest absolute Gasteiger partial charge is 0.409 e. The average molecular weight is 336 g/mol. The number of nitrogens with one attached hydrogen (secondary N) is 1. The summed E-state index contributed by atoms with van der Waals surface area (Å²) < 4.78 is 31.7. The predicted octanol–water partition coefficient (Wildman–Crippen LogP) is -0.928. The van der Waals surface area contributed by atoms with E-state index >= 15 is 0 Å². The molecule has 0 aliphatic carbocycles. The monoisotopic (exact) mass is 336 g/mol. The lowest BCUT2D eigenvalue weighted by atomic mass is 10.2. The van der Waals surface area contributed by atoms with Crippen LogP contribution in [0.1, 0.15) is 13.8 Å². The molecule has 1 atom stereocenters. The fraction of sp³-hybridized carbons (Fsp3) is 0.833. The van der Waals surface area contributed by atoms with E-state index in [-0.39, 0.29) is 5.91 Å². The van der Waals surface area contributed by atoms with Gasteiger partial charge >= 0.3 is 6.09 Å². The van der Waals surface area contributed by atoms with Crippen molar-refractivity contribution >= 4 is 22.2 Å². The predicted molar refractivity (Wildman–Crippen MR) is 80.4 cm³/mol. The summed E-state index contributed by atoms with van der Waals surface area (Å²) in [5.74, 6) is -0.311. The Bertz CT molecular complexity index is 500. The Morgan fingerprint density at radius 3 is 2.14 bits per heavy atom. The van der Waals surface area contributed by atoms with Crippen LogP contribution < -0.4 is 4.72 Å². The Morgan fingerprint density at radius 1 is 1.18 bits per heavy atom. The molecule has 0 unspecified atom stereocenters. The molecular formula is C12H24N4O5S. The van der Waals surface area contributed by atoms with Crippen LogP contribution in [-0.4, -0.2) is 87.4 Å². The summed E-state index contributed by atoms with van der Waals surface area (Å²) in [4.78, 5) is 26.9. The van der Waals surface area contributed by atoms with Gasteiger partial charge in [-0.15, -0.1) is 0 Å². The highest BCUT2D eigenvalue weighted by molar-refractivity contribution is 7.87. The molecule has 10 heteroatoms. The quantitative estimate of drug-likeness (QED) is 0.699. The van der Waals surface area contributed by atoms with Crippen LogP contribution in [0.4, 0.5) is 4.79 Å². The van der Waals surface area contributed by atoms with E-state index in [1.165, 1.54) is 25.9 Å². The molecule has 1 saturated heterocycles. The summed E-state index contributed by atoms with van der Waals surface area (Å²) in [5.41, 5.74) is 0. The van der Waals surface area contributed by atoms with Gasteiger partial charge in [-0.05, 0) is 13.8 Å². The minimum Gasteiger partial charge on any atom is -0.450 e. The van der Waals surface area contributed by atoms with Crippen molar-refractivity contribution in [3.63, 3.8) is 0 Å². The minimum atomic E-state index is -3.66. The van der Waals surface area contributed by atoms with Crippen molar-refractivity contribution in [2.24, 2.45) is 0 Å². The third-order valence-electron chi connectivity index (χ3n) is 3.29. The van der Waals surface area contributed by atoms with E-state index in [4.69, 9.17) is 4.74 Å². The fourth-order valence-electron chi connectivity index (χ4n) is 1.98. The van der Waals surface area contributed by atoms with Crippen LogP contribution in [0.3, 0.4) is 0 Å². The second-order valence-electron chi connectivity index (χ2n) is 5.14. The normalized spacial score (nSPS) is 17.5. The topological polar surface area (TPSA) is 99.3 Å². The Kier molecular flexibility index (Phi) is 6.57. The van der Waals surface area contributed by atoms with Gasteiger partial charge in [0.1, 0.15) is 0 Å². The van der Waals surface area contributed by atoms with Gasteiger partial charge < -0.3 is 14.5 Å². The molecule has 1 rings (SSSR count). The Labute approximate surface area is 131 Å². The van der Waals surface area contributed by atoms with E-state index in [1.807, 2.05) is 0 Å². The van der Waals surface area contributed by atoms with Crippen LogP contribution in [0.15, 0.2) is 0 Å². The van der Waals surface area contributed by atoms with E-state index < -0.39 is 22.3 Å². The number of ether oxygens (including phenoxy) is 1. The van der Waals surface area contributed by atoms with Gasteiger partial charge in [-0.1, -0.05) is 0 Å². The van der Waals surface area contributed by atoms with E-state index in [9.17, 15) is 18.0 Å². The highest BCUT2D eigenvalue weighted by Gasteiger charge is 2.29. The molecule has 22 heavy (non-hydrogen) atoms. The lowest BCUT2D eigenvalue weighted by Crippen LogP contribution is -2.56. The summed E-state index contributed by atoms with van der Waals surface area (Å²) in [6, 6.07) is -0.860. The summed E-state index contributed by atoms with van der Waals surface area (Å²) in [5, 5.41) is 0. The molecular weight excluding hydrogens is 312 g/mol. The first-order valence-corrected chi connectivity index (χ1v) is 8.53. The SMILES string of the molecule is CCOC(=O)N1CCN(C(=O)[C@H](C)NS(=O)(=O)N(C)C)CC1. The van der Waals surface area contributed by atoms with E-state index in [1.54, 1.807) is 11.8 Å². The van der Waals surface area contributed by atoms with Crippen LogP contribution in [0, 0.1) is 0 Å². The molecule has 9 nitrogen and oxygen atoms in total. The summed E-state index contributed by atoms with van der Waals surface area (Å²) >= 11 is 0. The van der Waals surface area contributed by atoms with Gasteiger partial charge in [0.05, 0.1) is 12.6 Å². The maximum absolute atomic E-state index is 12.2. The summed E-state index contributed by atoms with van der Waals surface area (Å²) in [6.07, 6.45) is -0.393. The lowest BCUT2D eigenvalue weighted by molar-refractivity contribution is -0.134.